The molecule has 0 bridgehead atoms. The summed E-state index contributed by atoms with van der Waals surface area (Å²) in [5.74, 6) is 0.281. The number of nitrogens with one attached hydrogen (secondary N) is 2. The van der Waals surface area contributed by atoms with Gasteiger partial charge >= 0.3 is 0 Å². The summed E-state index contributed by atoms with van der Waals surface area (Å²) < 4.78 is 4.89. The number of hydrogen-bond acceptors (Lipinski definition) is 4. The Morgan fingerprint density at radius 1 is 1.64 bits per heavy atom. The average molecular weight is 197 g/mol. The Balaban J connectivity index is 2.44. The molecule has 0 fully saturated rings. The van der Waals surface area contributed by atoms with Crippen LogP contribution >= 0.6 is 0 Å². The molecule has 0 atom stereocenters. The lowest BCUT2D eigenvalue weighted by molar-refractivity contribution is -0.117. The molecule has 0 aliphatic heterocycles. The van der Waals surface area contributed by atoms with Crippen molar-refractivity contribution in [2.24, 2.45) is 0 Å². The standard InChI is InChI=1S/C9H15N3O2/c1-9(2,10-3)4-7(13)12-8-5-11-6-14-8/h5-6,10H,4H2,1-3H3,(H,12,13). The normalized spacial score (nSPS) is 11.4. The Morgan fingerprint density at radius 3 is 2.86 bits per heavy atom. The van der Waals surface area contributed by atoms with Crippen LogP contribution in [0.15, 0.2) is 17.0 Å². The molecule has 5 heteroatoms. The second kappa shape index (κ2) is 4.23. The average Bonchev–Trinajstić information content (AvgIpc) is 2.55. The van der Waals surface area contributed by atoms with Gasteiger partial charge in [-0.05, 0) is 20.9 Å². The van der Waals surface area contributed by atoms with Crippen LogP contribution in [0.1, 0.15) is 20.3 Å². The predicted octanol–water partition coefficient (Wildman–Crippen LogP) is 1.00. The monoisotopic (exact) mass is 197 g/mol. The molecule has 0 radical (unpaired) electrons. The number of aromatic nitrogens is 1. The van der Waals surface area contributed by atoms with Gasteiger partial charge in [-0.15, -0.1) is 0 Å². The lowest BCUT2D eigenvalue weighted by atomic mass is 10.0. The second-order valence-electron chi connectivity index (χ2n) is 3.72. The molecule has 0 unspecified atom stereocenters. The Labute approximate surface area is 82.9 Å². The molecule has 78 valence electrons. The fraction of sp³-hybridized carbons (Fsp3) is 0.556. The van der Waals surface area contributed by atoms with Gasteiger partial charge in [0, 0.05) is 12.0 Å². The molecule has 0 saturated carbocycles. The quantitative estimate of drug-likeness (QED) is 0.755. The molecule has 0 saturated heterocycles. The van der Waals surface area contributed by atoms with Gasteiger partial charge in [-0.2, -0.15) is 0 Å². The molecular formula is C9H15N3O2. The molecule has 1 amide bonds. The molecule has 14 heavy (non-hydrogen) atoms. The first-order valence-electron chi connectivity index (χ1n) is 4.41. The maximum absolute atomic E-state index is 11.4. The molecule has 1 heterocycles. The van der Waals surface area contributed by atoms with E-state index in [1.165, 1.54) is 12.6 Å². The van der Waals surface area contributed by atoms with E-state index in [-0.39, 0.29) is 11.4 Å². The highest BCUT2D eigenvalue weighted by molar-refractivity contribution is 5.89. The Kier molecular flexibility index (Phi) is 3.24. The van der Waals surface area contributed by atoms with Crippen molar-refractivity contribution >= 4 is 11.8 Å². The minimum Gasteiger partial charge on any atom is -0.428 e. The fourth-order valence-electron chi connectivity index (χ4n) is 0.949. The zero-order chi connectivity index (χ0) is 10.6. The number of carbonyl (C=O) groups excluding carboxylic acids is 1. The predicted molar refractivity (Wildman–Crippen MR) is 52.9 cm³/mol. The minimum atomic E-state index is -0.218. The lowest BCUT2D eigenvalue weighted by Gasteiger charge is -2.22. The van der Waals surface area contributed by atoms with Crippen molar-refractivity contribution in [1.29, 1.82) is 0 Å². The largest absolute Gasteiger partial charge is 0.428 e. The maximum Gasteiger partial charge on any atom is 0.228 e. The van der Waals surface area contributed by atoms with Crippen LogP contribution in [-0.2, 0) is 4.79 Å². The maximum atomic E-state index is 11.4. The summed E-state index contributed by atoms with van der Waals surface area (Å²) in [6.45, 7) is 3.90. The first-order chi connectivity index (χ1) is 6.53. The second-order valence-corrected chi connectivity index (χ2v) is 3.72. The molecule has 1 aromatic rings. The van der Waals surface area contributed by atoms with Gasteiger partial charge in [0.15, 0.2) is 6.39 Å². The van der Waals surface area contributed by atoms with E-state index in [0.29, 0.717) is 12.3 Å². The van der Waals surface area contributed by atoms with Crippen LogP contribution in [0.25, 0.3) is 0 Å². The van der Waals surface area contributed by atoms with Crippen LogP contribution in [0.4, 0.5) is 5.88 Å². The van der Waals surface area contributed by atoms with Crippen molar-refractivity contribution in [3.05, 3.63) is 12.6 Å². The number of carbonyl (C=O) groups is 1. The van der Waals surface area contributed by atoms with Crippen molar-refractivity contribution in [3.8, 4) is 0 Å². The third kappa shape index (κ3) is 3.18. The highest BCUT2D eigenvalue weighted by atomic mass is 16.4. The SMILES string of the molecule is CNC(C)(C)CC(=O)Nc1cnco1. The van der Waals surface area contributed by atoms with Crippen LogP contribution in [0, 0.1) is 0 Å². The molecule has 0 aliphatic carbocycles. The number of amides is 1. The third-order valence-corrected chi connectivity index (χ3v) is 1.97. The molecule has 0 aromatic carbocycles. The van der Waals surface area contributed by atoms with Gasteiger partial charge in [0.2, 0.25) is 11.8 Å². The Bertz CT molecular complexity index is 293. The van der Waals surface area contributed by atoms with Crippen molar-refractivity contribution in [3.63, 3.8) is 0 Å². The van der Waals surface area contributed by atoms with Gasteiger partial charge < -0.3 is 9.73 Å². The first-order valence-corrected chi connectivity index (χ1v) is 4.41. The van der Waals surface area contributed by atoms with E-state index in [9.17, 15) is 4.79 Å². The van der Waals surface area contributed by atoms with Crippen LogP contribution in [0.5, 0.6) is 0 Å². The van der Waals surface area contributed by atoms with Crippen LogP contribution < -0.4 is 10.6 Å². The van der Waals surface area contributed by atoms with Gasteiger partial charge in [-0.1, -0.05) is 0 Å². The molecule has 2 N–H and O–H groups in total. The highest BCUT2D eigenvalue weighted by Crippen LogP contribution is 2.10. The Hall–Kier alpha value is -1.36. The van der Waals surface area contributed by atoms with Crippen molar-refractivity contribution in [2.75, 3.05) is 12.4 Å². The van der Waals surface area contributed by atoms with Gasteiger partial charge in [-0.25, -0.2) is 4.98 Å². The van der Waals surface area contributed by atoms with Crippen molar-refractivity contribution < 1.29 is 9.21 Å². The summed E-state index contributed by atoms with van der Waals surface area (Å²) in [5.41, 5.74) is -0.218. The van der Waals surface area contributed by atoms with Crippen LogP contribution in [0.2, 0.25) is 0 Å². The summed E-state index contributed by atoms with van der Waals surface area (Å²) in [6.07, 6.45) is 3.12. The van der Waals surface area contributed by atoms with Gasteiger partial charge in [0.25, 0.3) is 0 Å². The number of hydrogen-bond donors (Lipinski definition) is 2. The van der Waals surface area contributed by atoms with E-state index in [1.807, 2.05) is 20.9 Å². The molecule has 1 rings (SSSR count). The Morgan fingerprint density at radius 2 is 2.36 bits per heavy atom. The molecule has 0 aliphatic rings. The van der Waals surface area contributed by atoms with Crippen molar-refractivity contribution in [2.45, 2.75) is 25.8 Å². The molecule has 5 nitrogen and oxygen atoms in total. The summed E-state index contributed by atoms with van der Waals surface area (Å²) in [5, 5.41) is 5.65. The topological polar surface area (TPSA) is 67.2 Å². The van der Waals surface area contributed by atoms with Gasteiger partial charge in [-0.3, -0.25) is 10.1 Å². The lowest BCUT2D eigenvalue weighted by Crippen LogP contribution is -2.39. The summed E-state index contributed by atoms with van der Waals surface area (Å²) in [4.78, 5) is 15.1. The number of oxazole rings is 1. The fourth-order valence-corrected chi connectivity index (χ4v) is 0.949. The van der Waals surface area contributed by atoms with Gasteiger partial charge in [0.05, 0.1) is 6.20 Å². The number of anilines is 1. The summed E-state index contributed by atoms with van der Waals surface area (Å²) in [7, 11) is 1.82. The smallest absolute Gasteiger partial charge is 0.228 e. The minimum absolute atomic E-state index is 0.0962. The van der Waals surface area contributed by atoms with Crippen LogP contribution in [-0.4, -0.2) is 23.5 Å². The van der Waals surface area contributed by atoms with E-state index in [1.54, 1.807) is 0 Å². The summed E-state index contributed by atoms with van der Waals surface area (Å²) >= 11 is 0. The van der Waals surface area contributed by atoms with Gasteiger partial charge in [0.1, 0.15) is 0 Å². The van der Waals surface area contributed by atoms with E-state index in [2.05, 4.69) is 15.6 Å². The molecular weight excluding hydrogens is 182 g/mol. The van der Waals surface area contributed by atoms with E-state index >= 15 is 0 Å². The van der Waals surface area contributed by atoms with E-state index in [4.69, 9.17) is 4.42 Å². The zero-order valence-electron chi connectivity index (χ0n) is 8.63. The third-order valence-electron chi connectivity index (χ3n) is 1.97. The highest BCUT2D eigenvalue weighted by Gasteiger charge is 2.19. The number of rotatable bonds is 4. The van der Waals surface area contributed by atoms with Crippen LogP contribution in [0.3, 0.4) is 0 Å². The summed E-state index contributed by atoms with van der Waals surface area (Å²) in [6, 6.07) is 0. The molecule has 1 aromatic heterocycles. The molecule has 0 spiro atoms. The first kappa shape index (κ1) is 10.7. The van der Waals surface area contributed by atoms with E-state index in [0.717, 1.165) is 0 Å². The van der Waals surface area contributed by atoms with Crippen molar-refractivity contribution in [1.82, 2.24) is 10.3 Å². The number of nitrogens with zero attached hydrogens (tertiary/aromatic N) is 1. The van der Waals surface area contributed by atoms with E-state index < -0.39 is 0 Å². The zero-order valence-corrected chi connectivity index (χ0v) is 8.63.